The molecule has 3 nitrogen and oxygen atoms in total. The van der Waals surface area contributed by atoms with Crippen molar-refractivity contribution in [3.05, 3.63) is 41.8 Å². The van der Waals surface area contributed by atoms with Crippen LogP contribution in [0.4, 0.5) is 0 Å². The van der Waals surface area contributed by atoms with Crippen LogP contribution in [0.15, 0.2) is 18.2 Å². The minimum Gasteiger partial charge on any atom is -0.288 e. The van der Waals surface area contributed by atoms with Gasteiger partial charge in [0.15, 0.2) is 0 Å². The molecule has 0 aliphatic carbocycles. The smallest absolute Gasteiger partial charge is 0.274 e. The van der Waals surface area contributed by atoms with Crippen LogP contribution < -0.4 is 5.48 Å². The molecule has 1 aromatic carbocycles. The first-order valence-electron chi connectivity index (χ1n) is 4.01. The van der Waals surface area contributed by atoms with Crippen molar-refractivity contribution in [3.63, 3.8) is 0 Å². The fourth-order valence-corrected chi connectivity index (χ4v) is 1.20. The molecule has 1 rings (SSSR count). The van der Waals surface area contributed by atoms with E-state index in [1.807, 2.05) is 13.0 Å². The highest BCUT2D eigenvalue weighted by molar-refractivity contribution is 5.93. The summed E-state index contributed by atoms with van der Waals surface area (Å²) in [6.45, 7) is 5.63. The molecule has 0 aliphatic rings. The van der Waals surface area contributed by atoms with Crippen molar-refractivity contribution in [1.29, 1.82) is 0 Å². The lowest BCUT2D eigenvalue weighted by Crippen LogP contribution is -2.18. The summed E-state index contributed by atoms with van der Waals surface area (Å²) in [7, 11) is 0. The summed E-state index contributed by atoms with van der Waals surface area (Å²) in [6, 6.07) is 5.39. The molecule has 0 atom stereocenters. The number of carbonyl (C=O) groups is 1. The average Bonchev–Trinajstić information content (AvgIpc) is 2.15. The molecule has 0 saturated carbocycles. The number of hydrogen-bond donors (Lipinski definition) is 2. The van der Waals surface area contributed by atoms with E-state index in [0.29, 0.717) is 12.0 Å². The van der Waals surface area contributed by atoms with Gasteiger partial charge < -0.3 is 0 Å². The largest absolute Gasteiger partial charge is 0.288 e. The van der Waals surface area contributed by atoms with Gasteiger partial charge in [-0.3, -0.25) is 10.0 Å². The molecule has 69 valence electrons. The molecule has 1 amide bonds. The van der Waals surface area contributed by atoms with E-state index in [0.717, 1.165) is 11.1 Å². The highest BCUT2D eigenvalue weighted by atomic mass is 16.5. The Morgan fingerprint density at radius 1 is 1.54 bits per heavy atom. The Bertz CT molecular complexity index is 321. The van der Waals surface area contributed by atoms with Crippen molar-refractivity contribution in [2.45, 2.75) is 13.3 Å². The van der Waals surface area contributed by atoms with Crippen molar-refractivity contribution in [2.24, 2.45) is 0 Å². The van der Waals surface area contributed by atoms with Gasteiger partial charge >= 0.3 is 0 Å². The topological polar surface area (TPSA) is 49.3 Å². The van der Waals surface area contributed by atoms with Gasteiger partial charge in [-0.2, -0.15) is 0 Å². The van der Waals surface area contributed by atoms with Crippen LogP contribution in [-0.4, -0.2) is 11.1 Å². The molecule has 0 unspecified atom stereocenters. The van der Waals surface area contributed by atoms with Gasteiger partial charge in [-0.25, -0.2) is 5.48 Å². The van der Waals surface area contributed by atoms with Crippen molar-refractivity contribution in [2.75, 3.05) is 0 Å². The number of rotatable bonds is 2. The molecule has 0 saturated heterocycles. The maximum absolute atomic E-state index is 11.1. The minimum atomic E-state index is -0.488. The number of carbonyl (C=O) groups excluding carboxylic acids is 1. The van der Waals surface area contributed by atoms with Crippen molar-refractivity contribution >= 4 is 5.91 Å². The van der Waals surface area contributed by atoms with Crippen LogP contribution in [0.25, 0.3) is 0 Å². The number of aryl methyl sites for hydroxylation is 1. The van der Waals surface area contributed by atoms with E-state index in [4.69, 9.17) is 5.21 Å². The van der Waals surface area contributed by atoms with Crippen LogP contribution in [0, 0.1) is 13.8 Å². The van der Waals surface area contributed by atoms with Crippen molar-refractivity contribution in [1.82, 2.24) is 5.48 Å². The van der Waals surface area contributed by atoms with E-state index < -0.39 is 5.91 Å². The van der Waals surface area contributed by atoms with Crippen LogP contribution in [-0.2, 0) is 6.42 Å². The molecule has 0 fully saturated rings. The minimum absolute atomic E-state index is 0.459. The summed E-state index contributed by atoms with van der Waals surface area (Å²) in [5, 5.41) is 8.43. The Balaban J connectivity index is 3.08. The summed E-state index contributed by atoms with van der Waals surface area (Å²) >= 11 is 0. The highest BCUT2D eigenvalue weighted by Crippen LogP contribution is 2.09. The lowest BCUT2D eigenvalue weighted by molar-refractivity contribution is 0.0706. The van der Waals surface area contributed by atoms with Crippen LogP contribution in [0.5, 0.6) is 0 Å². The molecule has 0 heterocycles. The predicted octanol–water partition coefficient (Wildman–Crippen LogP) is 1.49. The van der Waals surface area contributed by atoms with Crippen LogP contribution >= 0.6 is 0 Å². The van der Waals surface area contributed by atoms with Gasteiger partial charge in [0.2, 0.25) is 0 Å². The zero-order valence-electron chi connectivity index (χ0n) is 7.50. The molecule has 0 spiro atoms. The molecule has 1 radical (unpaired) electrons. The van der Waals surface area contributed by atoms with Gasteiger partial charge in [0.25, 0.3) is 5.91 Å². The first-order valence-corrected chi connectivity index (χ1v) is 4.01. The lowest BCUT2D eigenvalue weighted by Gasteiger charge is -2.03. The van der Waals surface area contributed by atoms with E-state index in [1.165, 1.54) is 0 Å². The number of nitrogens with one attached hydrogen (secondary N) is 1. The Kier molecular flexibility index (Phi) is 3.03. The molecular formula is C10H12NO2. The molecule has 0 aromatic heterocycles. The number of hydrogen-bond acceptors (Lipinski definition) is 2. The normalized spacial score (nSPS) is 9.77. The molecule has 3 heteroatoms. The Morgan fingerprint density at radius 2 is 2.23 bits per heavy atom. The summed E-state index contributed by atoms with van der Waals surface area (Å²) < 4.78 is 0. The third-order valence-corrected chi connectivity index (χ3v) is 1.79. The zero-order chi connectivity index (χ0) is 9.84. The SMILES string of the molecule is [CH2]Cc1cc(C)cc(C(=O)NO)c1. The van der Waals surface area contributed by atoms with Crippen molar-refractivity contribution in [3.8, 4) is 0 Å². The first kappa shape index (κ1) is 9.74. The van der Waals surface area contributed by atoms with Gasteiger partial charge in [0, 0.05) is 5.56 Å². The molecule has 0 aliphatic heterocycles. The van der Waals surface area contributed by atoms with Crippen LogP contribution in [0.3, 0.4) is 0 Å². The van der Waals surface area contributed by atoms with E-state index in [-0.39, 0.29) is 0 Å². The zero-order valence-corrected chi connectivity index (χ0v) is 7.50. The molecular weight excluding hydrogens is 166 g/mol. The third kappa shape index (κ3) is 2.29. The monoisotopic (exact) mass is 178 g/mol. The first-order chi connectivity index (χ1) is 6.17. The van der Waals surface area contributed by atoms with Gasteiger partial charge in [-0.15, -0.1) is 0 Å². The second kappa shape index (κ2) is 4.05. The van der Waals surface area contributed by atoms with Gasteiger partial charge in [0.1, 0.15) is 0 Å². The number of benzene rings is 1. The van der Waals surface area contributed by atoms with Gasteiger partial charge in [-0.1, -0.05) is 11.6 Å². The Hall–Kier alpha value is -1.35. The number of hydroxylamine groups is 1. The molecule has 2 N–H and O–H groups in total. The van der Waals surface area contributed by atoms with Crippen LogP contribution in [0.1, 0.15) is 21.5 Å². The standard InChI is InChI=1S/C10H12NO2/c1-3-8-4-7(2)5-9(6-8)10(12)11-13/h4-6,13H,1,3H2,2H3,(H,11,12). The second-order valence-electron chi connectivity index (χ2n) is 2.90. The van der Waals surface area contributed by atoms with E-state index in [1.54, 1.807) is 17.6 Å². The summed E-state index contributed by atoms with van der Waals surface area (Å²) in [5.74, 6) is -0.488. The lowest BCUT2D eigenvalue weighted by atomic mass is 10.0. The number of amides is 1. The van der Waals surface area contributed by atoms with Gasteiger partial charge in [0.05, 0.1) is 0 Å². The van der Waals surface area contributed by atoms with Crippen LogP contribution in [0.2, 0.25) is 0 Å². The summed E-state index contributed by atoms with van der Waals surface area (Å²) in [5.41, 5.74) is 4.03. The third-order valence-electron chi connectivity index (χ3n) is 1.79. The summed E-state index contributed by atoms with van der Waals surface area (Å²) in [4.78, 5) is 11.1. The fourth-order valence-electron chi connectivity index (χ4n) is 1.20. The molecule has 13 heavy (non-hydrogen) atoms. The Labute approximate surface area is 77.4 Å². The summed E-state index contributed by atoms with van der Waals surface area (Å²) in [6.07, 6.45) is 0.632. The van der Waals surface area contributed by atoms with Crippen molar-refractivity contribution < 1.29 is 10.0 Å². The second-order valence-corrected chi connectivity index (χ2v) is 2.90. The average molecular weight is 178 g/mol. The van der Waals surface area contributed by atoms with E-state index in [2.05, 4.69) is 6.92 Å². The molecule has 0 bridgehead atoms. The Morgan fingerprint density at radius 3 is 2.77 bits per heavy atom. The molecule has 1 aromatic rings. The van der Waals surface area contributed by atoms with E-state index >= 15 is 0 Å². The maximum Gasteiger partial charge on any atom is 0.274 e. The predicted molar refractivity (Wildman–Crippen MR) is 49.5 cm³/mol. The van der Waals surface area contributed by atoms with Gasteiger partial charge in [-0.05, 0) is 38.0 Å². The maximum atomic E-state index is 11.1. The quantitative estimate of drug-likeness (QED) is 0.532. The fraction of sp³-hybridized carbons (Fsp3) is 0.200. The highest BCUT2D eigenvalue weighted by Gasteiger charge is 2.05. The van der Waals surface area contributed by atoms with E-state index in [9.17, 15) is 4.79 Å².